The Morgan fingerprint density at radius 3 is 3.00 bits per heavy atom. The van der Waals surface area contributed by atoms with E-state index in [1.165, 1.54) is 0 Å². The second kappa shape index (κ2) is 4.72. The van der Waals surface area contributed by atoms with Crippen LogP contribution in [0.25, 0.3) is 11.4 Å². The fourth-order valence-electron chi connectivity index (χ4n) is 1.63. The van der Waals surface area contributed by atoms with Crippen molar-refractivity contribution in [3.05, 3.63) is 29.3 Å². The predicted octanol–water partition coefficient (Wildman–Crippen LogP) is 1.83. The molecule has 0 bridgehead atoms. The van der Waals surface area contributed by atoms with Crippen molar-refractivity contribution >= 4 is 11.6 Å². The minimum Gasteiger partial charge on any atom is -0.360 e. The van der Waals surface area contributed by atoms with Gasteiger partial charge in [0.05, 0.1) is 5.69 Å². The zero-order valence-corrected chi connectivity index (χ0v) is 10.2. The summed E-state index contributed by atoms with van der Waals surface area (Å²) in [5.74, 6) is 0.990. The first-order chi connectivity index (χ1) is 7.74. The summed E-state index contributed by atoms with van der Waals surface area (Å²) in [5, 5.41) is 3.78. The van der Waals surface area contributed by atoms with Crippen LogP contribution in [0.5, 0.6) is 0 Å². The molecule has 5 heteroatoms. The molecule has 0 aromatic carbocycles. The lowest BCUT2D eigenvalue weighted by Crippen LogP contribution is -2.13. The first-order valence-electron chi connectivity index (χ1n) is 5.23. The highest BCUT2D eigenvalue weighted by Gasteiger charge is 2.14. The van der Waals surface area contributed by atoms with E-state index in [-0.39, 0.29) is 0 Å². The number of nitrogens with one attached hydrogen (secondary N) is 2. The summed E-state index contributed by atoms with van der Waals surface area (Å²) in [6.07, 6.45) is 2.74. The zero-order chi connectivity index (χ0) is 11.5. The van der Waals surface area contributed by atoms with Crippen LogP contribution in [0.2, 0.25) is 5.15 Å². The van der Waals surface area contributed by atoms with Gasteiger partial charge < -0.3 is 14.9 Å². The summed E-state index contributed by atoms with van der Waals surface area (Å²) in [4.78, 5) is 7.66. The van der Waals surface area contributed by atoms with Gasteiger partial charge in [0.25, 0.3) is 0 Å². The first-order valence-corrected chi connectivity index (χ1v) is 5.61. The molecule has 0 saturated carbocycles. The van der Waals surface area contributed by atoms with Gasteiger partial charge in [-0.3, -0.25) is 0 Å². The van der Waals surface area contributed by atoms with Gasteiger partial charge >= 0.3 is 0 Å². The van der Waals surface area contributed by atoms with Crippen LogP contribution in [0, 0.1) is 0 Å². The van der Waals surface area contributed by atoms with Gasteiger partial charge in [-0.05, 0) is 19.2 Å². The van der Waals surface area contributed by atoms with E-state index in [1.54, 1.807) is 0 Å². The molecule has 0 aliphatic rings. The molecule has 16 heavy (non-hydrogen) atoms. The predicted molar refractivity (Wildman–Crippen MR) is 65.6 cm³/mol. The van der Waals surface area contributed by atoms with E-state index in [0.29, 0.717) is 5.15 Å². The number of hydrogen-bond donors (Lipinski definition) is 2. The van der Waals surface area contributed by atoms with E-state index in [2.05, 4.69) is 15.3 Å². The molecule has 0 unspecified atom stereocenters. The fourth-order valence-corrected chi connectivity index (χ4v) is 1.87. The third-order valence-electron chi connectivity index (χ3n) is 2.57. The molecule has 2 N–H and O–H groups in total. The van der Waals surface area contributed by atoms with Gasteiger partial charge in [-0.2, -0.15) is 0 Å². The summed E-state index contributed by atoms with van der Waals surface area (Å²) in [5.41, 5.74) is 1.77. The third-order valence-corrected chi connectivity index (χ3v) is 3.00. The Morgan fingerprint density at radius 2 is 2.38 bits per heavy atom. The maximum atomic E-state index is 6.24. The second-order valence-electron chi connectivity index (χ2n) is 3.66. The molecule has 2 heterocycles. The lowest BCUT2D eigenvalue weighted by Gasteiger charge is -2.00. The molecule has 0 aliphatic heterocycles. The highest BCUT2D eigenvalue weighted by atomic mass is 35.5. The standard InChI is InChI=1S/C11H15ClN4/c1-13-7-5-9-15-10(11(12)16(9)2)8-4-3-6-14-8/h3-4,6,13-14H,5,7H2,1-2H3. The molecule has 2 aromatic heterocycles. The van der Waals surface area contributed by atoms with E-state index >= 15 is 0 Å². The number of aromatic nitrogens is 3. The van der Waals surface area contributed by atoms with Gasteiger partial charge in [-0.15, -0.1) is 0 Å². The van der Waals surface area contributed by atoms with E-state index in [4.69, 9.17) is 11.6 Å². The summed E-state index contributed by atoms with van der Waals surface area (Å²) < 4.78 is 1.93. The number of hydrogen-bond acceptors (Lipinski definition) is 2. The maximum absolute atomic E-state index is 6.24. The molecule has 0 aliphatic carbocycles. The number of rotatable bonds is 4. The van der Waals surface area contributed by atoms with Crippen molar-refractivity contribution < 1.29 is 0 Å². The molecule has 0 amide bonds. The average molecular weight is 239 g/mol. The number of H-pyrrole nitrogens is 1. The van der Waals surface area contributed by atoms with Gasteiger partial charge in [0.15, 0.2) is 0 Å². The highest BCUT2D eigenvalue weighted by molar-refractivity contribution is 6.32. The van der Waals surface area contributed by atoms with Gasteiger partial charge in [-0.1, -0.05) is 11.6 Å². The summed E-state index contributed by atoms with van der Waals surface area (Å²) in [6.45, 7) is 0.894. The van der Waals surface area contributed by atoms with Crippen LogP contribution in [-0.4, -0.2) is 28.1 Å². The molecule has 0 saturated heterocycles. The van der Waals surface area contributed by atoms with Crippen molar-refractivity contribution in [1.29, 1.82) is 0 Å². The van der Waals surface area contributed by atoms with Crippen LogP contribution in [0.15, 0.2) is 18.3 Å². The van der Waals surface area contributed by atoms with Gasteiger partial charge in [0, 0.05) is 26.2 Å². The van der Waals surface area contributed by atoms with E-state index in [1.807, 2.05) is 37.0 Å². The first kappa shape index (κ1) is 11.2. The highest BCUT2D eigenvalue weighted by Crippen LogP contribution is 2.26. The normalized spacial score (nSPS) is 10.9. The summed E-state index contributed by atoms with van der Waals surface area (Å²) in [6, 6.07) is 3.91. The fraction of sp³-hybridized carbons (Fsp3) is 0.364. The quantitative estimate of drug-likeness (QED) is 0.854. The Hall–Kier alpha value is -1.26. The molecule has 0 fully saturated rings. The largest absolute Gasteiger partial charge is 0.360 e. The molecule has 86 valence electrons. The molecular formula is C11H15ClN4. The summed E-state index contributed by atoms with van der Waals surface area (Å²) >= 11 is 6.24. The average Bonchev–Trinajstić information content (AvgIpc) is 2.88. The van der Waals surface area contributed by atoms with E-state index in [0.717, 1.165) is 30.2 Å². The molecule has 2 aromatic rings. The molecule has 0 atom stereocenters. The third kappa shape index (κ3) is 1.99. The molecule has 0 spiro atoms. The van der Waals surface area contributed by atoms with Crippen LogP contribution in [0.3, 0.4) is 0 Å². The van der Waals surface area contributed by atoms with Crippen molar-refractivity contribution in [2.45, 2.75) is 6.42 Å². The lowest BCUT2D eigenvalue weighted by molar-refractivity contribution is 0.718. The Labute approximate surface area is 99.6 Å². The zero-order valence-electron chi connectivity index (χ0n) is 9.42. The van der Waals surface area contributed by atoms with Gasteiger partial charge in [0.2, 0.25) is 0 Å². The maximum Gasteiger partial charge on any atom is 0.138 e. The number of nitrogens with zero attached hydrogens (tertiary/aromatic N) is 2. The van der Waals surface area contributed by atoms with Crippen molar-refractivity contribution in [2.24, 2.45) is 7.05 Å². The van der Waals surface area contributed by atoms with Crippen LogP contribution in [0.4, 0.5) is 0 Å². The number of likely N-dealkylation sites (N-methyl/N-ethyl adjacent to an activating group) is 1. The van der Waals surface area contributed by atoms with Crippen LogP contribution < -0.4 is 5.32 Å². The molecule has 0 radical (unpaired) electrons. The van der Waals surface area contributed by atoms with Crippen molar-refractivity contribution in [1.82, 2.24) is 19.9 Å². The van der Waals surface area contributed by atoms with Crippen LogP contribution >= 0.6 is 11.6 Å². The van der Waals surface area contributed by atoms with Crippen LogP contribution in [0.1, 0.15) is 5.82 Å². The smallest absolute Gasteiger partial charge is 0.138 e. The number of aromatic amines is 1. The van der Waals surface area contributed by atoms with Gasteiger partial charge in [-0.25, -0.2) is 4.98 Å². The van der Waals surface area contributed by atoms with Crippen LogP contribution in [-0.2, 0) is 13.5 Å². The van der Waals surface area contributed by atoms with Crippen molar-refractivity contribution in [3.8, 4) is 11.4 Å². The second-order valence-corrected chi connectivity index (χ2v) is 4.02. The Bertz CT molecular complexity index is 459. The Balaban J connectivity index is 2.34. The molecule has 4 nitrogen and oxygen atoms in total. The Morgan fingerprint density at radius 1 is 1.56 bits per heavy atom. The minimum absolute atomic E-state index is 0.675. The summed E-state index contributed by atoms with van der Waals surface area (Å²) in [7, 11) is 3.86. The van der Waals surface area contributed by atoms with Crippen molar-refractivity contribution in [2.75, 3.05) is 13.6 Å². The monoisotopic (exact) mass is 238 g/mol. The topological polar surface area (TPSA) is 45.6 Å². The lowest BCUT2D eigenvalue weighted by atomic mass is 10.3. The van der Waals surface area contributed by atoms with Crippen molar-refractivity contribution in [3.63, 3.8) is 0 Å². The van der Waals surface area contributed by atoms with Gasteiger partial charge in [0.1, 0.15) is 16.7 Å². The molecular weight excluding hydrogens is 224 g/mol. The molecule has 2 rings (SSSR count). The van der Waals surface area contributed by atoms with E-state index < -0.39 is 0 Å². The number of halogens is 1. The number of imidazole rings is 1. The SMILES string of the molecule is CNCCc1nc(-c2ccc[nH]2)c(Cl)n1C. The van der Waals surface area contributed by atoms with E-state index in [9.17, 15) is 0 Å². The Kier molecular flexibility index (Phi) is 3.31. The minimum atomic E-state index is 0.675.